The predicted molar refractivity (Wildman–Crippen MR) is 103 cm³/mol. The number of sulfonamides is 1. The molecule has 1 aliphatic heterocycles. The SMILES string of the molecule is COc1ccc(C)cc1S(=O)(=O)N1CCN(Cc2ccccc2Cl)CC1. The maximum absolute atomic E-state index is 13.0. The molecule has 1 fully saturated rings. The monoisotopic (exact) mass is 394 g/mol. The Bertz CT molecular complexity index is 878. The molecule has 0 bridgehead atoms. The first-order valence-electron chi connectivity index (χ1n) is 8.52. The Balaban J connectivity index is 1.71. The van der Waals surface area contributed by atoms with Gasteiger partial charge in [-0.25, -0.2) is 8.42 Å². The lowest BCUT2D eigenvalue weighted by molar-refractivity contribution is 0.181. The highest BCUT2D eigenvalue weighted by Crippen LogP contribution is 2.28. The van der Waals surface area contributed by atoms with Crippen LogP contribution in [0.15, 0.2) is 47.4 Å². The molecule has 140 valence electrons. The second-order valence-electron chi connectivity index (χ2n) is 6.43. The third kappa shape index (κ3) is 4.04. The van der Waals surface area contributed by atoms with Gasteiger partial charge in [0.25, 0.3) is 0 Å². The molecule has 0 saturated carbocycles. The van der Waals surface area contributed by atoms with Crippen LogP contribution in [0.3, 0.4) is 0 Å². The zero-order valence-corrected chi connectivity index (χ0v) is 16.6. The van der Waals surface area contributed by atoms with Crippen LogP contribution in [0.1, 0.15) is 11.1 Å². The van der Waals surface area contributed by atoms with Gasteiger partial charge in [-0.15, -0.1) is 0 Å². The van der Waals surface area contributed by atoms with Crippen molar-refractivity contribution in [2.45, 2.75) is 18.4 Å². The molecule has 0 radical (unpaired) electrons. The molecule has 0 N–H and O–H groups in total. The molecule has 2 aromatic carbocycles. The maximum atomic E-state index is 13.0. The van der Waals surface area contributed by atoms with E-state index < -0.39 is 10.0 Å². The number of ether oxygens (including phenoxy) is 1. The van der Waals surface area contributed by atoms with Crippen molar-refractivity contribution in [2.75, 3.05) is 33.3 Å². The Labute approximate surface area is 160 Å². The summed E-state index contributed by atoms with van der Waals surface area (Å²) in [6.45, 7) is 4.83. The number of hydrogen-bond donors (Lipinski definition) is 0. The van der Waals surface area contributed by atoms with Gasteiger partial charge in [-0.05, 0) is 36.2 Å². The first-order valence-corrected chi connectivity index (χ1v) is 10.3. The average molecular weight is 395 g/mol. The molecule has 2 aromatic rings. The molecule has 0 spiro atoms. The van der Waals surface area contributed by atoms with Crippen LogP contribution in [-0.4, -0.2) is 50.9 Å². The van der Waals surface area contributed by atoms with E-state index in [9.17, 15) is 8.42 Å². The summed E-state index contributed by atoms with van der Waals surface area (Å²) in [6.07, 6.45) is 0. The van der Waals surface area contributed by atoms with E-state index in [1.54, 1.807) is 12.1 Å². The van der Waals surface area contributed by atoms with Crippen LogP contribution < -0.4 is 4.74 Å². The first-order chi connectivity index (χ1) is 12.4. The van der Waals surface area contributed by atoms with Gasteiger partial charge in [0.2, 0.25) is 10.0 Å². The molecule has 5 nitrogen and oxygen atoms in total. The minimum Gasteiger partial charge on any atom is -0.495 e. The van der Waals surface area contributed by atoms with Crippen molar-refractivity contribution >= 4 is 21.6 Å². The highest BCUT2D eigenvalue weighted by molar-refractivity contribution is 7.89. The van der Waals surface area contributed by atoms with Gasteiger partial charge in [-0.3, -0.25) is 4.90 Å². The van der Waals surface area contributed by atoms with Gasteiger partial charge in [-0.2, -0.15) is 4.31 Å². The number of halogens is 1. The lowest BCUT2D eigenvalue weighted by Gasteiger charge is -2.34. The number of hydrogen-bond acceptors (Lipinski definition) is 4. The average Bonchev–Trinajstić information content (AvgIpc) is 2.64. The van der Waals surface area contributed by atoms with Crippen molar-refractivity contribution < 1.29 is 13.2 Å². The van der Waals surface area contributed by atoms with Crippen LogP contribution >= 0.6 is 11.6 Å². The normalized spacial score (nSPS) is 16.6. The Kier molecular flexibility index (Phi) is 5.87. The molecule has 0 amide bonds. The Morgan fingerprint density at radius 1 is 1.08 bits per heavy atom. The van der Waals surface area contributed by atoms with E-state index in [0.717, 1.165) is 22.7 Å². The number of methoxy groups -OCH3 is 1. The van der Waals surface area contributed by atoms with E-state index in [1.807, 2.05) is 37.3 Å². The second kappa shape index (κ2) is 7.96. The Morgan fingerprint density at radius 3 is 2.42 bits per heavy atom. The van der Waals surface area contributed by atoms with Gasteiger partial charge in [0.05, 0.1) is 7.11 Å². The zero-order chi connectivity index (χ0) is 18.7. The molecule has 1 saturated heterocycles. The molecule has 26 heavy (non-hydrogen) atoms. The smallest absolute Gasteiger partial charge is 0.246 e. The summed E-state index contributed by atoms with van der Waals surface area (Å²) in [7, 11) is -2.08. The van der Waals surface area contributed by atoms with E-state index in [4.69, 9.17) is 16.3 Å². The van der Waals surface area contributed by atoms with Crippen LogP contribution in [0.25, 0.3) is 0 Å². The van der Waals surface area contributed by atoms with Gasteiger partial charge in [0, 0.05) is 37.7 Å². The molecular formula is C19H23ClN2O3S. The van der Waals surface area contributed by atoms with E-state index in [-0.39, 0.29) is 4.90 Å². The number of piperazine rings is 1. The summed E-state index contributed by atoms with van der Waals surface area (Å²) in [6, 6.07) is 13.0. The summed E-state index contributed by atoms with van der Waals surface area (Å²) in [5.41, 5.74) is 1.95. The zero-order valence-electron chi connectivity index (χ0n) is 15.0. The largest absolute Gasteiger partial charge is 0.495 e. The topological polar surface area (TPSA) is 49.9 Å². The molecule has 0 unspecified atom stereocenters. The highest BCUT2D eigenvalue weighted by atomic mass is 35.5. The van der Waals surface area contributed by atoms with Crippen LogP contribution in [0.5, 0.6) is 5.75 Å². The third-order valence-electron chi connectivity index (χ3n) is 4.62. The lowest BCUT2D eigenvalue weighted by atomic mass is 10.2. The molecular weight excluding hydrogens is 372 g/mol. The fourth-order valence-electron chi connectivity index (χ4n) is 3.12. The summed E-state index contributed by atoms with van der Waals surface area (Å²) in [5.74, 6) is 0.383. The molecule has 1 heterocycles. The van der Waals surface area contributed by atoms with Crippen molar-refractivity contribution in [1.29, 1.82) is 0 Å². The number of benzene rings is 2. The van der Waals surface area contributed by atoms with Gasteiger partial charge >= 0.3 is 0 Å². The Hall–Kier alpha value is -1.60. The van der Waals surface area contributed by atoms with Gasteiger partial charge in [-0.1, -0.05) is 35.9 Å². The minimum absolute atomic E-state index is 0.236. The van der Waals surface area contributed by atoms with Crippen molar-refractivity contribution in [2.24, 2.45) is 0 Å². The van der Waals surface area contributed by atoms with E-state index >= 15 is 0 Å². The number of nitrogens with zero attached hydrogens (tertiary/aromatic N) is 2. The molecule has 0 aromatic heterocycles. The lowest BCUT2D eigenvalue weighted by Crippen LogP contribution is -2.48. The number of rotatable bonds is 5. The fraction of sp³-hybridized carbons (Fsp3) is 0.368. The van der Waals surface area contributed by atoms with Crippen molar-refractivity contribution in [3.8, 4) is 5.75 Å². The second-order valence-corrected chi connectivity index (χ2v) is 8.74. The van der Waals surface area contributed by atoms with Crippen molar-refractivity contribution in [3.63, 3.8) is 0 Å². The first kappa shape index (κ1) is 19.2. The summed E-state index contributed by atoms with van der Waals surface area (Å²) >= 11 is 6.23. The van der Waals surface area contributed by atoms with E-state index in [0.29, 0.717) is 31.9 Å². The molecule has 1 aliphatic rings. The molecule has 3 rings (SSSR count). The third-order valence-corrected chi connectivity index (χ3v) is 6.91. The minimum atomic E-state index is -3.58. The van der Waals surface area contributed by atoms with Crippen LogP contribution in [-0.2, 0) is 16.6 Å². The predicted octanol–water partition coefficient (Wildman–Crippen LogP) is 3.16. The van der Waals surface area contributed by atoms with Gasteiger partial charge < -0.3 is 4.74 Å². The van der Waals surface area contributed by atoms with Crippen LogP contribution in [0.4, 0.5) is 0 Å². The van der Waals surface area contributed by atoms with Crippen LogP contribution in [0, 0.1) is 6.92 Å². The number of aryl methyl sites for hydroxylation is 1. The molecule has 7 heteroatoms. The van der Waals surface area contributed by atoms with E-state index in [2.05, 4.69) is 4.90 Å². The fourth-order valence-corrected chi connectivity index (χ4v) is 4.98. The van der Waals surface area contributed by atoms with Crippen LogP contribution in [0.2, 0.25) is 5.02 Å². The Morgan fingerprint density at radius 2 is 1.77 bits per heavy atom. The summed E-state index contributed by atoms with van der Waals surface area (Å²) in [5, 5.41) is 0.743. The quantitative estimate of drug-likeness (QED) is 0.781. The highest BCUT2D eigenvalue weighted by Gasteiger charge is 2.31. The molecule has 0 atom stereocenters. The standard InChI is InChI=1S/C19H23ClN2O3S/c1-15-7-8-18(25-2)19(13-15)26(23,24)22-11-9-21(10-12-22)14-16-5-3-4-6-17(16)20/h3-8,13H,9-12,14H2,1-2H3. The summed E-state index contributed by atoms with van der Waals surface area (Å²) in [4.78, 5) is 2.46. The van der Waals surface area contributed by atoms with E-state index in [1.165, 1.54) is 11.4 Å². The van der Waals surface area contributed by atoms with Gasteiger partial charge in [0.1, 0.15) is 10.6 Å². The molecule has 0 aliphatic carbocycles. The maximum Gasteiger partial charge on any atom is 0.246 e. The van der Waals surface area contributed by atoms with Crippen molar-refractivity contribution in [3.05, 3.63) is 58.6 Å². The van der Waals surface area contributed by atoms with Gasteiger partial charge in [0.15, 0.2) is 0 Å². The van der Waals surface area contributed by atoms with Crippen molar-refractivity contribution in [1.82, 2.24) is 9.21 Å². The summed E-state index contributed by atoms with van der Waals surface area (Å²) < 4.78 is 32.9.